The quantitative estimate of drug-likeness (QED) is 0.772. The summed E-state index contributed by atoms with van der Waals surface area (Å²) in [5.41, 5.74) is 6.74. The van der Waals surface area contributed by atoms with Gasteiger partial charge in [0.15, 0.2) is 0 Å². The van der Waals surface area contributed by atoms with E-state index in [2.05, 4.69) is 60.0 Å². The lowest BCUT2D eigenvalue weighted by Crippen LogP contribution is -2.24. The van der Waals surface area contributed by atoms with Crippen molar-refractivity contribution in [1.29, 1.82) is 0 Å². The largest absolute Gasteiger partial charge is 0.488 e. The van der Waals surface area contributed by atoms with Crippen molar-refractivity contribution >= 4 is 5.57 Å². The number of hydrogen-bond acceptors (Lipinski definition) is 2. The lowest BCUT2D eigenvalue weighted by Gasteiger charge is -2.22. The Morgan fingerprint density at radius 3 is 2.52 bits per heavy atom. The molecule has 1 aliphatic carbocycles. The van der Waals surface area contributed by atoms with Gasteiger partial charge in [-0.25, -0.2) is 0 Å². The summed E-state index contributed by atoms with van der Waals surface area (Å²) in [5, 5.41) is 3.46. The first kappa shape index (κ1) is 14.3. The molecule has 0 radical (unpaired) electrons. The molecule has 2 nitrogen and oxygen atoms in total. The van der Waals surface area contributed by atoms with Crippen LogP contribution >= 0.6 is 0 Å². The van der Waals surface area contributed by atoms with Gasteiger partial charge in [0.05, 0.1) is 0 Å². The molecule has 2 heteroatoms. The Hall–Kier alpha value is -2.32. The van der Waals surface area contributed by atoms with Crippen LogP contribution in [0.1, 0.15) is 24.0 Å². The van der Waals surface area contributed by atoms with Crippen molar-refractivity contribution < 1.29 is 4.74 Å². The number of hydrogen-bond donors (Lipinski definition) is 1. The molecule has 23 heavy (non-hydrogen) atoms. The molecule has 1 fully saturated rings. The van der Waals surface area contributed by atoms with Crippen molar-refractivity contribution in [2.24, 2.45) is 0 Å². The van der Waals surface area contributed by atoms with E-state index in [0.29, 0.717) is 6.61 Å². The Kier molecular flexibility index (Phi) is 3.99. The topological polar surface area (TPSA) is 21.3 Å². The number of ether oxygens (including phenoxy) is 1. The summed E-state index contributed by atoms with van der Waals surface area (Å²) in [6.07, 6.45) is 14.8. The first-order chi connectivity index (χ1) is 11.4. The van der Waals surface area contributed by atoms with E-state index < -0.39 is 0 Å². The van der Waals surface area contributed by atoms with Crippen LogP contribution in [-0.2, 0) is 11.3 Å². The predicted octanol–water partition coefficient (Wildman–Crippen LogP) is 4.29. The Morgan fingerprint density at radius 1 is 0.870 bits per heavy atom. The molecular weight excluding hydrogens is 282 g/mol. The fraction of sp³-hybridized carbons (Fsp3) is 0.238. The second-order valence-electron chi connectivity index (χ2n) is 6.06. The molecule has 116 valence electrons. The van der Waals surface area contributed by atoms with Crippen LogP contribution in [0.3, 0.4) is 0 Å². The van der Waals surface area contributed by atoms with E-state index in [1.54, 1.807) is 0 Å². The van der Waals surface area contributed by atoms with E-state index >= 15 is 0 Å². The first-order valence-electron chi connectivity index (χ1n) is 8.33. The van der Waals surface area contributed by atoms with Gasteiger partial charge in [-0.05, 0) is 48.7 Å². The molecule has 1 aromatic carbocycles. The van der Waals surface area contributed by atoms with Crippen molar-refractivity contribution in [3.05, 3.63) is 88.8 Å². The van der Waals surface area contributed by atoms with Crippen LogP contribution in [-0.4, -0.2) is 13.1 Å². The minimum Gasteiger partial charge on any atom is -0.488 e. The SMILES string of the molecule is C1=C\C=C2\C(=C3CCNCC3)c3ccccc3CO\C2=C\C=C/1. The summed E-state index contributed by atoms with van der Waals surface area (Å²) in [6.45, 7) is 2.75. The minimum atomic E-state index is 0.631. The van der Waals surface area contributed by atoms with Crippen LogP contribution in [0.5, 0.6) is 0 Å². The second kappa shape index (κ2) is 6.43. The van der Waals surface area contributed by atoms with Gasteiger partial charge in [0, 0.05) is 5.57 Å². The molecule has 0 unspecified atom stereocenters. The highest BCUT2D eigenvalue weighted by Gasteiger charge is 2.24. The fourth-order valence-corrected chi connectivity index (χ4v) is 3.48. The van der Waals surface area contributed by atoms with Crippen LogP contribution in [0.4, 0.5) is 0 Å². The normalized spacial score (nSPS) is 27.7. The third-order valence-electron chi connectivity index (χ3n) is 4.61. The molecule has 2 heterocycles. The molecule has 0 amide bonds. The molecular formula is C21H21NO. The average Bonchev–Trinajstić information content (AvgIpc) is 2.72. The van der Waals surface area contributed by atoms with Crippen molar-refractivity contribution in [3.8, 4) is 0 Å². The number of rotatable bonds is 0. The number of piperidine rings is 1. The minimum absolute atomic E-state index is 0.631. The standard InChI is InChI=1S/C21H21NO/c1-2-4-10-20-19(9-3-1)21(16-11-13-22-14-12-16)18-8-6-5-7-17(18)15-23-20/h1-10,22H,11-15H2/b2-1?,3-1-,4-2-,9-3?,10-4?,19-9+,20-10+. The lowest BCUT2D eigenvalue weighted by atomic mass is 9.86. The van der Waals surface area contributed by atoms with Gasteiger partial charge in [-0.1, -0.05) is 60.2 Å². The highest BCUT2D eigenvalue weighted by atomic mass is 16.5. The van der Waals surface area contributed by atoms with Gasteiger partial charge in [0.2, 0.25) is 0 Å². The molecule has 0 spiro atoms. The Morgan fingerprint density at radius 2 is 1.65 bits per heavy atom. The molecule has 1 aromatic rings. The maximum Gasteiger partial charge on any atom is 0.127 e. The van der Waals surface area contributed by atoms with Crippen LogP contribution in [0, 0.1) is 0 Å². The summed E-state index contributed by atoms with van der Waals surface area (Å²) in [7, 11) is 0. The van der Waals surface area contributed by atoms with E-state index in [1.807, 2.05) is 6.08 Å². The van der Waals surface area contributed by atoms with Gasteiger partial charge in [-0.2, -0.15) is 0 Å². The van der Waals surface area contributed by atoms with E-state index in [9.17, 15) is 0 Å². The van der Waals surface area contributed by atoms with E-state index in [-0.39, 0.29) is 0 Å². The van der Waals surface area contributed by atoms with E-state index in [4.69, 9.17) is 4.74 Å². The Bertz CT molecular complexity index is 754. The van der Waals surface area contributed by atoms with Crippen molar-refractivity contribution in [2.45, 2.75) is 19.4 Å². The molecule has 0 bridgehead atoms. The first-order valence-corrected chi connectivity index (χ1v) is 8.33. The van der Waals surface area contributed by atoms with Crippen molar-refractivity contribution in [1.82, 2.24) is 5.32 Å². The zero-order chi connectivity index (χ0) is 15.5. The number of benzene rings is 1. The summed E-state index contributed by atoms with van der Waals surface area (Å²) in [4.78, 5) is 0. The number of fused-ring (bicyclic) bond motifs is 2. The molecule has 0 saturated carbocycles. The molecule has 4 rings (SSSR count). The average molecular weight is 303 g/mol. The molecule has 0 aromatic heterocycles. The van der Waals surface area contributed by atoms with Gasteiger partial charge < -0.3 is 10.1 Å². The van der Waals surface area contributed by atoms with Crippen LogP contribution < -0.4 is 5.32 Å². The van der Waals surface area contributed by atoms with E-state index in [1.165, 1.54) is 27.8 Å². The van der Waals surface area contributed by atoms with Gasteiger partial charge in [0.25, 0.3) is 0 Å². The zero-order valence-electron chi connectivity index (χ0n) is 13.2. The van der Waals surface area contributed by atoms with Gasteiger partial charge in [-0.15, -0.1) is 0 Å². The second-order valence-corrected chi connectivity index (χ2v) is 6.06. The molecule has 3 aliphatic rings. The molecule has 2 aliphatic heterocycles. The molecule has 0 atom stereocenters. The van der Waals surface area contributed by atoms with Crippen LogP contribution in [0.25, 0.3) is 5.57 Å². The third-order valence-corrected chi connectivity index (χ3v) is 4.61. The maximum absolute atomic E-state index is 6.15. The summed E-state index contributed by atoms with van der Waals surface area (Å²) < 4.78 is 6.15. The Labute approximate surface area is 137 Å². The monoisotopic (exact) mass is 303 g/mol. The third kappa shape index (κ3) is 2.82. The summed E-state index contributed by atoms with van der Waals surface area (Å²) in [6, 6.07) is 8.66. The highest BCUT2D eigenvalue weighted by Crippen LogP contribution is 2.40. The Balaban J connectivity index is 1.95. The van der Waals surface area contributed by atoms with Gasteiger partial charge in [-0.3, -0.25) is 0 Å². The number of nitrogens with one attached hydrogen (secondary N) is 1. The van der Waals surface area contributed by atoms with Gasteiger partial charge >= 0.3 is 0 Å². The predicted molar refractivity (Wildman–Crippen MR) is 94.7 cm³/mol. The summed E-state index contributed by atoms with van der Waals surface area (Å²) >= 11 is 0. The van der Waals surface area contributed by atoms with Crippen molar-refractivity contribution in [2.75, 3.05) is 13.1 Å². The fourth-order valence-electron chi connectivity index (χ4n) is 3.48. The van der Waals surface area contributed by atoms with Gasteiger partial charge in [0.1, 0.15) is 12.4 Å². The maximum atomic E-state index is 6.15. The zero-order valence-corrected chi connectivity index (χ0v) is 13.2. The van der Waals surface area contributed by atoms with Crippen molar-refractivity contribution in [3.63, 3.8) is 0 Å². The van der Waals surface area contributed by atoms with Crippen LogP contribution in [0.15, 0.2) is 77.6 Å². The molecule has 1 saturated heterocycles. The highest BCUT2D eigenvalue weighted by molar-refractivity contribution is 5.87. The van der Waals surface area contributed by atoms with Crippen LogP contribution in [0.2, 0.25) is 0 Å². The number of allylic oxidation sites excluding steroid dienone is 7. The lowest BCUT2D eigenvalue weighted by molar-refractivity contribution is 0.210. The molecule has 1 N–H and O–H groups in total. The van der Waals surface area contributed by atoms with E-state index in [0.717, 1.165) is 31.7 Å². The smallest absolute Gasteiger partial charge is 0.127 e. The summed E-state index contributed by atoms with van der Waals surface area (Å²) in [5.74, 6) is 0.975.